The maximum atomic E-state index is 14.3. The molecule has 11 heteroatoms. The van der Waals surface area contributed by atoms with Gasteiger partial charge in [0.05, 0.1) is 22.9 Å². The van der Waals surface area contributed by atoms with Crippen LogP contribution in [0.25, 0.3) is 5.70 Å². The van der Waals surface area contributed by atoms with Crippen molar-refractivity contribution in [2.24, 2.45) is 0 Å². The standard InChI is InChI=1S/C26H16Cl3F3N2O3/c1-13(34-23(35)19-4-2-3-5-20(19)24(34)36)18-7-6-14(8-21(18)29)22-12-25(37-33-22,26(30,31)32)15-9-16(27)11-17(28)10-15/h2-13,33H,1H3. The van der Waals surface area contributed by atoms with Crippen LogP contribution >= 0.6 is 34.8 Å². The van der Waals surface area contributed by atoms with Gasteiger partial charge in [-0.25, -0.2) is 0 Å². The average molecular weight is 568 g/mol. The van der Waals surface area contributed by atoms with E-state index >= 15 is 0 Å². The van der Waals surface area contributed by atoms with Gasteiger partial charge in [0.15, 0.2) is 0 Å². The summed E-state index contributed by atoms with van der Waals surface area (Å²) >= 11 is 18.4. The average Bonchev–Trinajstić information content (AvgIpc) is 3.39. The highest BCUT2D eigenvalue weighted by Crippen LogP contribution is 2.48. The molecule has 0 bridgehead atoms. The SMILES string of the molecule is CC(c1ccc(C2=CC(c3cc(Cl)cc(Cl)c3)(C(F)(F)F)ON2)cc1Cl)N1C(=O)c2ccccc2C1=O. The van der Waals surface area contributed by atoms with Gasteiger partial charge in [-0.2, -0.15) is 13.2 Å². The number of fused-ring (bicyclic) bond motifs is 1. The van der Waals surface area contributed by atoms with E-state index in [9.17, 15) is 22.8 Å². The highest BCUT2D eigenvalue weighted by molar-refractivity contribution is 6.34. The second-order valence-corrected chi connectivity index (χ2v) is 9.87. The van der Waals surface area contributed by atoms with Crippen molar-refractivity contribution in [1.29, 1.82) is 0 Å². The molecule has 2 amide bonds. The normalized spacial score (nSPS) is 20.1. The van der Waals surface area contributed by atoms with Gasteiger partial charge in [0.1, 0.15) is 0 Å². The van der Waals surface area contributed by atoms with Crippen molar-refractivity contribution in [3.63, 3.8) is 0 Å². The first kappa shape index (κ1) is 25.6. The van der Waals surface area contributed by atoms with Crippen LogP contribution in [0.2, 0.25) is 15.1 Å². The Morgan fingerprint density at radius 2 is 1.51 bits per heavy atom. The Kier molecular flexibility index (Phi) is 6.27. The Labute approximate surface area is 224 Å². The first-order chi connectivity index (χ1) is 17.4. The van der Waals surface area contributed by atoms with Crippen LogP contribution < -0.4 is 5.48 Å². The van der Waals surface area contributed by atoms with E-state index < -0.39 is 29.6 Å². The lowest BCUT2D eigenvalue weighted by Crippen LogP contribution is -2.42. The predicted molar refractivity (Wildman–Crippen MR) is 133 cm³/mol. The molecule has 0 radical (unpaired) electrons. The Balaban J connectivity index is 1.49. The summed E-state index contributed by atoms with van der Waals surface area (Å²) in [4.78, 5) is 31.9. The summed E-state index contributed by atoms with van der Waals surface area (Å²) in [6.07, 6.45) is -3.98. The summed E-state index contributed by atoms with van der Waals surface area (Å²) in [6, 6.07) is 13.8. The van der Waals surface area contributed by atoms with Gasteiger partial charge in [-0.15, -0.1) is 0 Å². The van der Waals surface area contributed by atoms with Gasteiger partial charge in [0, 0.05) is 26.2 Å². The minimum absolute atomic E-state index is 0.00950. The fraction of sp³-hybridized carbons (Fsp3) is 0.154. The number of carbonyl (C=O) groups excluding carboxylic acids is 2. The zero-order chi connectivity index (χ0) is 26.7. The van der Waals surface area contributed by atoms with Gasteiger partial charge in [-0.05, 0) is 55.0 Å². The van der Waals surface area contributed by atoms with Crippen LogP contribution in [0.4, 0.5) is 13.2 Å². The molecule has 3 aromatic carbocycles. The fourth-order valence-corrected chi connectivity index (χ4v) is 5.35. The Morgan fingerprint density at radius 1 is 0.919 bits per heavy atom. The molecule has 0 saturated heterocycles. The molecule has 190 valence electrons. The van der Waals surface area contributed by atoms with E-state index in [4.69, 9.17) is 39.6 Å². The Hall–Kier alpha value is -3.04. The molecule has 2 atom stereocenters. The molecule has 0 saturated carbocycles. The molecule has 2 aliphatic heterocycles. The quantitative estimate of drug-likeness (QED) is 0.335. The molecule has 0 spiro atoms. The van der Waals surface area contributed by atoms with Gasteiger partial charge in [0.2, 0.25) is 5.60 Å². The number of nitrogens with one attached hydrogen (secondary N) is 1. The van der Waals surface area contributed by atoms with Gasteiger partial charge in [-0.1, -0.05) is 59.1 Å². The molecule has 2 heterocycles. The highest BCUT2D eigenvalue weighted by Gasteiger charge is 2.59. The van der Waals surface area contributed by atoms with E-state index in [1.165, 1.54) is 18.2 Å². The van der Waals surface area contributed by atoms with Crippen LogP contribution in [0.5, 0.6) is 0 Å². The zero-order valence-electron chi connectivity index (χ0n) is 18.9. The number of nitrogens with zero attached hydrogens (tertiary/aromatic N) is 1. The van der Waals surface area contributed by atoms with Crippen LogP contribution in [-0.2, 0) is 10.4 Å². The van der Waals surface area contributed by atoms with E-state index in [0.29, 0.717) is 22.3 Å². The summed E-state index contributed by atoms with van der Waals surface area (Å²) in [6.45, 7) is 1.65. The molecule has 0 fully saturated rings. The number of imide groups is 1. The minimum Gasteiger partial charge on any atom is -0.269 e. The largest absolute Gasteiger partial charge is 0.428 e. The Morgan fingerprint density at radius 3 is 2.05 bits per heavy atom. The van der Waals surface area contributed by atoms with Crippen molar-refractivity contribution < 1.29 is 27.6 Å². The monoisotopic (exact) mass is 566 g/mol. The maximum absolute atomic E-state index is 14.3. The molecule has 0 aromatic heterocycles. The number of rotatable bonds is 4. The number of hydrogen-bond acceptors (Lipinski definition) is 4. The minimum atomic E-state index is -4.86. The van der Waals surface area contributed by atoms with Gasteiger partial charge >= 0.3 is 6.18 Å². The third-order valence-corrected chi connectivity index (χ3v) is 7.12. The lowest BCUT2D eigenvalue weighted by Gasteiger charge is -2.28. The lowest BCUT2D eigenvalue weighted by atomic mass is 9.91. The molecule has 5 nitrogen and oxygen atoms in total. The van der Waals surface area contributed by atoms with Crippen LogP contribution in [-0.4, -0.2) is 22.9 Å². The molecule has 37 heavy (non-hydrogen) atoms. The molecule has 5 rings (SSSR count). The van der Waals surface area contributed by atoms with E-state index in [-0.39, 0.29) is 26.3 Å². The molecule has 0 aliphatic carbocycles. The lowest BCUT2D eigenvalue weighted by molar-refractivity contribution is -0.269. The van der Waals surface area contributed by atoms with Crippen molar-refractivity contribution >= 4 is 52.3 Å². The van der Waals surface area contributed by atoms with Gasteiger partial charge in [0.25, 0.3) is 11.8 Å². The van der Waals surface area contributed by atoms with Crippen molar-refractivity contribution in [1.82, 2.24) is 10.4 Å². The zero-order valence-corrected chi connectivity index (χ0v) is 21.1. The van der Waals surface area contributed by atoms with Crippen LogP contribution in [0, 0.1) is 0 Å². The smallest absolute Gasteiger partial charge is 0.269 e. The number of amides is 2. The molecule has 3 aromatic rings. The summed E-state index contributed by atoms with van der Waals surface area (Å²) in [7, 11) is 0. The van der Waals surface area contributed by atoms with Crippen LogP contribution in [0.15, 0.2) is 66.7 Å². The topological polar surface area (TPSA) is 58.6 Å². The summed E-state index contributed by atoms with van der Waals surface area (Å²) in [5.74, 6) is -0.895. The molecule has 2 aliphatic rings. The molecular weight excluding hydrogens is 552 g/mol. The Bertz CT molecular complexity index is 1440. The number of alkyl halides is 3. The third kappa shape index (κ3) is 4.18. The second-order valence-electron chi connectivity index (χ2n) is 8.59. The first-order valence-corrected chi connectivity index (χ1v) is 12.0. The van der Waals surface area contributed by atoms with Gasteiger partial charge in [-0.3, -0.25) is 24.8 Å². The fourth-order valence-electron chi connectivity index (χ4n) is 4.49. The predicted octanol–water partition coefficient (Wildman–Crippen LogP) is 7.34. The molecule has 2 unspecified atom stereocenters. The van der Waals surface area contributed by atoms with Crippen molar-refractivity contribution in [3.8, 4) is 0 Å². The maximum Gasteiger partial charge on any atom is 0.428 e. The highest BCUT2D eigenvalue weighted by atomic mass is 35.5. The second kappa shape index (κ2) is 9.06. The van der Waals surface area contributed by atoms with Crippen LogP contribution in [0.1, 0.15) is 50.4 Å². The number of carbonyl (C=O) groups is 2. The van der Waals surface area contributed by atoms with Crippen molar-refractivity contribution in [2.75, 3.05) is 0 Å². The van der Waals surface area contributed by atoms with Crippen LogP contribution in [0.3, 0.4) is 0 Å². The number of benzene rings is 3. The van der Waals surface area contributed by atoms with E-state index in [1.54, 1.807) is 37.3 Å². The first-order valence-electron chi connectivity index (χ1n) is 10.9. The van der Waals surface area contributed by atoms with Crippen molar-refractivity contribution in [3.05, 3.63) is 110 Å². The summed E-state index contributed by atoms with van der Waals surface area (Å²) < 4.78 is 42.8. The van der Waals surface area contributed by atoms with E-state index in [1.807, 2.05) is 0 Å². The summed E-state index contributed by atoms with van der Waals surface area (Å²) in [5.41, 5.74) is 0.538. The molecule has 1 N–H and O–H groups in total. The van der Waals surface area contributed by atoms with E-state index in [0.717, 1.165) is 23.1 Å². The third-order valence-electron chi connectivity index (χ3n) is 6.36. The molecular formula is C26H16Cl3F3N2O3. The number of hydrogen-bond donors (Lipinski definition) is 1. The van der Waals surface area contributed by atoms with Crippen molar-refractivity contribution in [2.45, 2.75) is 24.7 Å². The number of hydroxylamine groups is 1. The number of halogens is 6. The summed E-state index contributed by atoms with van der Waals surface area (Å²) in [5, 5.41) is 0.191. The van der Waals surface area contributed by atoms with E-state index in [2.05, 4.69) is 5.48 Å². The van der Waals surface area contributed by atoms with Gasteiger partial charge < -0.3 is 0 Å².